The highest BCUT2D eigenvalue weighted by molar-refractivity contribution is 6.67. The van der Waals surface area contributed by atoms with Gasteiger partial charge in [-0.1, -0.05) is 79.7 Å². The molecule has 1 aliphatic heterocycles. The summed E-state index contributed by atoms with van der Waals surface area (Å²) in [7, 11) is 2.14. The van der Waals surface area contributed by atoms with Gasteiger partial charge in [0.1, 0.15) is 36.6 Å². The third-order valence-corrected chi connectivity index (χ3v) is 8.23. The molecule has 9 heteroatoms. The standard InChI is InChI=1S/C27H30N2O3.C14H11ClO2.C2H7N/c1-29-16-14-25(15-17-29)32-26-9-5-8-22(18-26)19-28-27(30)23-10-12-24(13-11-23)31-20-21-6-3-2-4-7-21;15-14(16)12-6-8-13(9-7-12)17-10-11-4-2-1-3-5-11;1-2-3/h2-13,18,25H,14-17,19-20H2,1H3,(H,28,30);1-9H,10H2;2-3H2,1H3. The van der Waals surface area contributed by atoms with E-state index in [1.165, 1.54) is 0 Å². The molecule has 1 heterocycles. The van der Waals surface area contributed by atoms with Crippen LogP contribution in [0.1, 0.15) is 57.2 Å². The van der Waals surface area contributed by atoms with Gasteiger partial charge in [0.05, 0.1) is 0 Å². The van der Waals surface area contributed by atoms with Crippen molar-refractivity contribution in [1.29, 1.82) is 0 Å². The highest BCUT2D eigenvalue weighted by Crippen LogP contribution is 2.20. The first-order valence-electron chi connectivity index (χ1n) is 17.5. The van der Waals surface area contributed by atoms with Crippen LogP contribution in [0.15, 0.2) is 133 Å². The number of nitrogens with two attached hydrogens (primary N) is 1. The second-order valence-corrected chi connectivity index (χ2v) is 12.6. The number of hydrogen-bond acceptors (Lipinski definition) is 7. The molecule has 6 rings (SSSR count). The molecule has 5 aromatic rings. The van der Waals surface area contributed by atoms with Gasteiger partial charge in [-0.25, -0.2) is 0 Å². The lowest BCUT2D eigenvalue weighted by atomic mass is 10.1. The van der Waals surface area contributed by atoms with Crippen LogP contribution in [0.5, 0.6) is 17.2 Å². The average Bonchev–Trinajstić information content (AvgIpc) is 3.18. The molecule has 3 N–H and O–H groups in total. The van der Waals surface area contributed by atoms with E-state index in [4.69, 9.17) is 31.5 Å². The summed E-state index contributed by atoms with van der Waals surface area (Å²) >= 11 is 5.35. The fraction of sp³-hybridized carbons (Fsp3) is 0.256. The normalized spacial score (nSPS) is 12.6. The quantitative estimate of drug-likeness (QED) is 0.125. The minimum absolute atomic E-state index is 0.110. The number of rotatable bonds is 12. The number of nitrogens with one attached hydrogen (secondary N) is 1. The first-order chi connectivity index (χ1) is 25.3. The SMILES string of the molecule is CCN.CN1CCC(Oc2cccc(CNC(=O)c3ccc(OCc4ccccc4)cc3)c2)CC1.O=C(Cl)c1ccc(OCc2ccccc2)cc1. The molecule has 0 bridgehead atoms. The number of halogens is 1. The summed E-state index contributed by atoms with van der Waals surface area (Å²) in [5.41, 5.74) is 9.16. The zero-order valence-corrected chi connectivity index (χ0v) is 30.6. The second kappa shape index (κ2) is 21.9. The number of nitrogens with zero attached hydrogens (tertiary/aromatic N) is 1. The molecule has 8 nitrogen and oxygen atoms in total. The Morgan fingerprint density at radius 1 is 0.692 bits per heavy atom. The van der Waals surface area contributed by atoms with Crippen molar-refractivity contribution < 1.29 is 23.8 Å². The van der Waals surface area contributed by atoms with Crippen molar-refractivity contribution in [2.75, 3.05) is 26.7 Å². The molecule has 52 heavy (non-hydrogen) atoms. The van der Waals surface area contributed by atoms with Crippen molar-refractivity contribution in [3.63, 3.8) is 0 Å². The Hall–Kier alpha value is -5.15. The number of benzene rings is 5. The fourth-order valence-corrected chi connectivity index (χ4v) is 5.30. The summed E-state index contributed by atoms with van der Waals surface area (Å²) in [6.07, 6.45) is 2.35. The van der Waals surface area contributed by atoms with Gasteiger partial charge in [0.2, 0.25) is 0 Å². The van der Waals surface area contributed by atoms with Crippen LogP contribution in [0, 0.1) is 0 Å². The van der Waals surface area contributed by atoms with Gasteiger partial charge in [-0.15, -0.1) is 0 Å². The molecule has 1 amide bonds. The second-order valence-electron chi connectivity index (χ2n) is 12.2. The number of amides is 1. The maximum Gasteiger partial charge on any atom is 0.252 e. The van der Waals surface area contributed by atoms with Crippen molar-refractivity contribution in [1.82, 2.24) is 10.2 Å². The molecule has 0 saturated carbocycles. The average molecular weight is 722 g/mol. The molecule has 0 spiro atoms. The molecular formula is C43H48ClN3O5. The Kier molecular flexibility index (Phi) is 16.7. The van der Waals surface area contributed by atoms with E-state index in [0.29, 0.717) is 30.9 Å². The highest BCUT2D eigenvalue weighted by Gasteiger charge is 2.18. The molecule has 272 valence electrons. The number of piperidine rings is 1. The van der Waals surface area contributed by atoms with E-state index < -0.39 is 5.24 Å². The largest absolute Gasteiger partial charge is 0.490 e. The number of hydrogen-bond donors (Lipinski definition) is 2. The Balaban J connectivity index is 0.000000254. The van der Waals surface area contributed by atoms with Gasteiger partial charge in [-0.3, -0.25) is 9.59 Å². The van der Waals surface area contributed by atoms with Gasteiger partial charge in [-0.05, 0) is 115 Å². The van der Waals surface area contributed by atoms with Crippen LogP contribution in [0.25, 0.3) is 0 Å². The predicted molar refractivity (Wildman–Crippen MR) is 208 cm³/mol. The summed E-state index contributed by atoms with van der Waals surface area (Å²) in [4.78, 5) is 25.7. The van der Waals surface area contributed by atoms with Gasteiger partial charge in [-0.2, -0.15) is 0 Å². The van der Waals surface area contributed by atoms with Gasteiger partial charge in [0.15, 0.2) is 0 Å². The van der Waals surface area contributed by atoms with Crippen molar-refractivity contribution in [2.45, 2.75) is 45.6 Å². The number of likely N-dealkylation sites (tertiary alicyclic amines) is 1. The Morgan fingerprint density at radius 3 is 1.67 bits per heavy atom. The molecule has 0 aliphatic carbocycles. The first kappa shape index (κ1) is 39.6. The van der Waals surface area contributed by atoms with Crippen LogP contribution in [0.4, 0.5) is 0 Å². The lowest BCUT2D eigenvalue weighted by molar-refractivity contribution is 0.0950. The summed E-state index contributed by atoms with van der Waals surface area (Å²) in [5, 5.41) is 2.53. The summed E-state index contributed by atoms with van der Waals surface area (Å²) in [6, 6.07) is 41.9. The van der Waals surface area contributed by atoms with Crippen LogP contribution in [-0.4, -0.2) is 48.8 Å². The monoisotopic (exact) mass is 721 g/mol. The van der Waals surface area contributed by atoms with Gasteiger partial charge < -0.3 is 30.2 Å². The third-order valence-electron chi connectivity index (χ3n) is 8.01. The molecule has 0 unspecified atom stereocenters. The summed E-state index contributed by atoms with van der Waals surface area (Å²) in [5.74, 6) is 2.21. The van der Waals surface area contributed by atoms with Crippen molar-refractivity contribution in [3.05, 3.63) is 161 Å². The molecule has 1 aliphatic rings. The Labute approximate surface area is 312 Å². The van der Waals surface area contributed by atoms with Crippen LogP contribution >= 0.6 is 11.6 Å². The Morgan fingerprint density at radius 2 is 1.17 bits per heavy atom. The topological polar surface area (TPSA) is 103 Å². The third kappa shape index (κ3) is 14.2. The van der Waals surface area contributed by atoms with Crippen LogP contribution < -0.4 is 25.3 Å². The van der Waals surface area contributed by atoms with E-state index in [2.05, 4.69) is 17.3 Å². The highest BCUT2D eigenvalue weighted by atomic mass is 35.5. The summed E-state index contributed by atoms with van der Waals surface area (Å²) in [6.45, 7) is 6.25. The molecule has 1 fully saturated rings. The fourth-order valence-electron chi connectivity index (χ4n) is 5.17. The van der Waals surface area contributed by atoms with Crippen molar-refractivity contribution in [2.24, 2.45) is 5.73 Å². The minimum Gasteiger partial charge on any atom is -0.490 e. The first-order valence-corrected chi connectivity index (χ1v) is 17.9. The molecular weight excluding hydrogens is 674 g/mol. The predicted octanol–water partition coefficient (Wildman–Crippen LogP) is 8.28. The maximum atomic E-state index is 12.6. The minimum atomic E-state index is -0.459. The van der Waals surface area contributed by atoms with E-state index in [0.717, 1.165) is 66.4 Å². The number of ether oxygens (including phenoxy) is 3. The van der Waals surface area contributed by atoms with E-state index in [9.17, 15) is 9.59 Å². The van der Waals surface area contributed by atoms with Crippen molar-refractivity contribution >= 4 is 22.8 Å². The molecule has 5 aromatic carbocycles. The van der Waals surface area contributed by atoms with E-state index in [1.54, 1.807) is 36.4 Å². The summed E-state index contributed by atoms with van der Waals surface area (Å²) < 4.78 is 17.5. The lowest BCUT2D eigenvalue weighted by Gasteiger charge is -2.29. The van der Waals surface area contributed by atoms with Gasteiger partial charge >= 0.3 is 0 Å². The smallest absolute Gasteiger partial charge is 0.252 e. The zero-order valence-electron chi connectivity index (χ0n) is 29.9. The van der Waals surface area contributed by atoms with Crippen LogP contribution in [0.2, 0.25) is 0 Å². The molecule has 1 saturated heterocycles. The Bertz CT molecular complexity index is 1760. The van der Waals surface area contributed by atoms with E-state index >= 15 is 0 Å². The maximum absolute atomic E-state index is 12.6. The van der Waals surface area contributed by atoms with Crippen LogP contribution in [0.3, 0.4) is 0 Å². The molecule has 0 radical (unpaired) electrons. The van der Waals surface area contributed by atoms with Gasteiger partial charge in [0, 0.05) is 30.8 Å². The van der Waals surface area contributed by atoms with Gasteiger partial charge in [0.25, 0.3) is 11.1 Å². The lowest BCUT2D eigenvalue weighted by Crippen LogP contribution is -2.35. The van der Waals surface area contributed by atoms with E-state index in [1.807, 2.05) is 104 Å². The van der Waals surface area contributed by atoms with Crippen molar-refractivity contribution in [3.8, 4) is 17.2 Å². The number of carbonyl (C=O) groups excluding carboxylic acids is 2. The number of carbonyl (C=O) groups is 2. The molecule has 0 atom stereocenters. The van der Waals surface area contributed by atoms with Crippen LogP contribution in [-0.2, 0) is 19.8 Å². The van der Waals surface area contributed by atoms with E-state index in [-0.39, 0.29) is 12.0 Å². The zero-order chi connectivity index (χ0) is 37.0. The molecule has 0 aromatic heterocycles.